The van der Waals surface area contributed by atoms with Gasteiger partial charge in [0.25, 0.3) is 0 Å². The van der Waals surface area contributed by atoms with Crippen molar-refractivity contribution in [2.75, 3.05) is 19.7 Å². The predicted molar refractivity (Wildman–Crippen MR) is 124 cm³/mol. The van der Waals surface area contributed by atoms with E-state index in [2.05, 4.69) is 17.9 Å². The third-order valence-corrected chi connectivity index (χ3v) is 6.53. The number of rotatable bonds is 6. The van der Waals surface area contributed by atoms with Crippen molar-refractivity contribution in [2.45, 2.75) is 45.1 Å². The van der Waals surface area contributed by atoms with Gasteiger partial charge in [0.05, 0.1) is 12.9 Å². The SMILES string of the molecule is CCCOc1cccc(C(=O)c2ccc3occ(C4=CCN5CCCCC5C4)c3c2)c1. The molecule has 3 heterocycles. The van der Waals surface area contributed by atoms with Crippen molar-refractivity contribution >= 4 is 22.3 Å². The average Bonchev–Trinajstić information content (AvgIpc) is 3.25. The summed E-state index contributed by atoms with van der Waals surface area (Å²) in [4.78, 5) is 15.8. The Labute approximate surface area is 183 Å². The number of hydrogen-bond acceptors (Lipinski definition) is 4. The maximum Gasteiger partial charge on any atom is 0.193 e. The number of furan rings is 1. The van der Waals surface area contributed by atoms with Gasteiger partial charge >= 0.3 is 0 Å². The number of hydrogen-bond donors (Lipinski definition) is 0. The lowest BCUT2D eigenvalue weighted by atomic mass is 9.88. The molecule has 2 aliphatic rings. The molecule has 1 saturated heterocycles. The van der Waals surface area contributed by atoms with Crippen LogP contribution >= 0.6 is 0 Å². The summed E-state index contributed by atoms with van der Waals surface area (Å²) >= 11 is 0. The highest BCUT2D eigenvalue weighted by Gasteiger charge is 2.27. The van der Waals surface area contributed by atoms with Crippen LogP contribution in [0.5, 0.6) is 5.75 Å². The zero-order valence-electron chi connectivity index (χ0n) is 18.1. The maximum atomic E-state index is 13.2. The highest BCUT2D eigenvalue weighted by Crippen LogP contribution is 2.36. The van der Waals surface area contributed by atoms with Crippen LogP contribution in [0.15, 0.2) is 59.2 Å². The fraction of sp³-hybridized carbons (Fsp3) is 0.370. The number of benzene rings is 2. The van der Waals surface area contributed by atoms with Crippen molar-refractivity contribution in [1.29, 1.82) is 0 Å². The molecule has 5 rings (SSSR count). The van der Waals surface area contributed by atoms with Gasteiger partial charge in [0.2, 0.25) is 0 Å². The lowest BCUT2D eigenvalue weighted by Crippen LogP contribution is -2.41. The minimum atomic E-state index is 0.00655. The molecule has 31 heavy (non-hydrogen) atoms. The van der Waals surface area contributed by atoms with Crippen molar-refractivity contribution in [3.05, 3.63) is 71.5 Å². The Morgan fingerprint density at radius 3 is 2.97 bits per heavy atom. The third kappa shape index (κ3) is 4.05. The van der Waals surface area contributed by atoms with Gasteiger partial charge in [-0.3, -0.25) is 9.69 Å². The molecule has 2 aliphatic heterocycles. The van der Waals surface area contributed by atoms with Gasteiger partial charge in [0.1, 0.15) is 11.3 Å². The van der Waals surface area contributed by atoms with Crippen LogP contribution in [-0.4, -0.2) is 36.4 Å². The van der Waals surface area contributed by atoms with E-state index in [1.807, 2.05) is 48.7 Å². The van der Waals surface area contributed by atoms with Crippen LogP contribution in [0.1, 0.15) is 60.5 Å². The standard InChI is InChI=1S/C27H29NO3/c1-2-14-30-23-8-5-6-20(16-23)27(29)21-9-10-26-24(17-21)25(18-31-26)19-11-13-28-12-4-3-7-22(28)15-19/h5-6,8-11,16-18,22H,2-4,7,12-15H2,1H3. The zero-order chi connectivity index (χ0) is 21.2. The summed E-state index contributed by atoms with van der Waals surface area (Å²) in [6.45, 7) is 4.94. The molecule has 1 atom stereocenters. The molecule has 0 bridgehead atoms. The lowest BCUT2D eigenvalue weighted by molar-refractivity contribution is 0.103. The highest BCUT2D eigenvalue weighted by molar-refractivity contribution is 6.11. The number of nitrogens with zero attached hydrogens (tertiary/aromatic N) is 1. The van der Waals surface area contributed by atoms with Crippen LogP contribution in [0.2, 0.25) is 0 Å². The van der Waals surface area contributed by atoms with Gasteiger partial charge in [-0.05, 0) is 68.1 Å². The number of carbonyl (C=O) groups is 1. The first-order chi connectivity index (χ1) is 15.2. The van der Waals surface area contributed by atoms with E-state index in [4.69, 9.17) is 9.15 Å². The molecule has 1 fully saturated rings. The Kier molecular flexibility index (Phi) is 5.65. The molecule has 160 valence electrons. The number of carbonyl (C=O) groups excluding carboxylic acids is 1. The summed E-state index contributed by atoms with van der Waals surface area (Å²) in [5.74, 6) is 0.745. The van der Waals surface area contributed by atoms with Gasteiger partial charge < -0.3 is 9.15 Å². The van der Waals surface area contributed by atoms with Gasteiger partial charge in [-0.15, -0.1) is 0 Å². The molecular weight excluding hydrogens is 386 g/mol. The summed E-state index contributed by atoms with van der Waals surface area (Å²) in [5, 5.41) is 1.03. The Morgan fingerprint density at radius 1 is 1.16 bits per heavy atom. The smallest absolute Gasteiger partial charge is 0.193 e. The monoisotopic (exact) mass is 415 g/mol. The molecule has 4 nitrogen and oxygen atoms in total. The second-order valence-electron chi connectivity index (χ2n) is 8.64. The molecule has 0 aliphatic carbocycles. The fourth-order valence-corrected chi connectivity index (χ4v) is 4.85. The molecule has 4 heteroatoms. The van der Waals surface area contributed by atoms with Crippen LogP contribution < -0.4 is 4.74 Å². The molecule has 0 spiro atoms. The Morgan fingerprint density at radius 2 is 2.06 bits per heavy atom. The first-order valence-electron chi connectivity index (χ1n) is 11.4. The van der Waals surface area contributed by atoms with Gasteiger partial charge in [-0.2, -0.15) is 0 Å². The van der Waals surface area contributed by atoms with Crippen molar-refractivity contribution in [3.63, 3.8) is 0 Å². The van der Waals surface area contributed by atoms with E-state index in [1.165, 1.54) is 31.4 Å². The highest BCUT2D eigenvalue weighted by atomic mass is 16.5. The molecule has 0 radical (unpaired) electrons. The predicted octanol–water partition coefficient (Wildman–Crippen LogP) is 6.09. The summed E-state index contributed by atoms with van der Waals surface area (Å²) in [5.41, 5.74) is 4.64. The van der Waals surface area contributed by atoms with Gasteiger partial charge in [0.15, 0.2) is 5.78 Å². The van der Waals surface area contributed by atoms with E-state index in [0.717, 1.165) is 41.7 Å². The Bertz CT molecular complexity index is 1130. The number of fused-ring (bicyclic) bond motifs is 2. The van der Waals surface area contributed by atoms with Gasteiger partial charge in [-0.1, -0.05) is 31.6 Å². The number of ether oxygens (including phenoxy) is 1. The molecule has 2 aromatic carbocycles. The number of piperidine rings is 1. The topological polar surface area (TPSA) is 42.7 Å². The van der Waals surface area contributed by atoms with Crippen LogP contribution in [0, 0.1) is 0 Å². The normalized spacial score (nSPS) is 19.1. The van der Waals surface area contributed by atoms with Crippen molar-refractivity contribution in [3.8, 4) is 5.75 Å². The number of ketones is 1. The summed E-state index contributed by atoms with van der Waals surface area (Å²) in [6.07, 6.45) is 10.1. The summed E-state index contributed by atoms with van der Waals surface area (Å²) < 4.78 is 11.6. The van der Waals surface area contributed by atoms with Crippen molar-refractivity contribution in [2.24, 2.45) is 0 Å². The van der Waals surface area contributed by atoms with E-state index in [9.17, 15) is 4.79 Å². The van der Waals surface area contributed by atoms with Gasteiger partial charge in [0, 0.05) is 34.7 Å². The van der Waals surface area contributed by atoms with E-state index < -0.39 is 0 Å². The first-order valence-corrected chi connectivity index (χ1v) is 11.4. The summed E-state index contributed by atoms with van der Waals surface area (Å²) in [6, 6.07) is 13.9. The molecule has 0 saturated carbocycles. The molecule has 0 amide bonds. The fourth-order valence-electron chi connectivity index (χ4n) is 4.85. The van der Waals surface area contributed by atoms with E-state index in [1.54, 1.807) is 0 Å². The molecule has 1 aromatic heterocycles. The van der Waals surface area contributed by atoms with Crippen molar-refractivity contribution < 1.29 is 13.9 Å². The molecular formula is C27H29NO3. The second kappa shape index (κ2) is 8.72. The average molecular weight is 416 g/mol. The lowest BCUT2D eigenvalue weighted by Gasteiger charge is -2.38. The van der Waals surface area contributed by atoms with Crippen molar-refractivity contribution in [1.82, 2.24) is 4.90 Å². The molecule has 1 unspecified atom stereocenters. The Balaban J connectivity index is 1.44. The Hall–Kier alpha value is -2.85. The van der Waals surface area contributed by atoms with E-state index in [0.29, 0.717) is 23.8 Å². The minimum Gasteiger partial charge on any atom is -0.494 e. The van der Waals surface area contributed by atoms with E-state index >= 15 is 0 Å². The van der Waals surface area contributed by atoms with Crippen LogP contribution in [0.25, 0.3) is 16.5 Å². The first kappa shape index (κ1) is 20.1. The minimum absolute atomic E-state index is 0.00655. The van der Waals surface area contributed by atoms with E-state index in [-0.39, 0.29) is 5.78 Å². The largest absolute Gasteiger partial charge is 0.494 e. The summed E-state index contributed by atoms with van der Waals surface area (Å²) in [7, 11) is 0. The van der Waals surface area contributed by atoms with Gasteiger partial charge in [-0.25, -0.2) is 0 Å². The zero-order valence-corrected chi connectivity index (χ0v) is 18.1. The van der Waals surface area contributed by atoms with Crippen LogP contribution in [0.3, 0.4) is 0 Å². The third-order valence-electron chi connectivity index (χ3n) is 6.53. The maximum absolute atomic E-state index is 13.2. The molecule has 0 N–H and O–H groups in total. The second-order valence-corrected chi connectivity index (χ2v) is 8.64. The van der Waals surface area contributed by atoms with Crippen LogP contribution in [0.4, 0.5) is 0 Å². The quantitative estimate of drug-likeness (QED) is 0.457. The van der Waals surface area contributed by atoms with Crippen LogP contribution in [-0.2, 0) is 0 Å². The molecule has 3 aromatic rings.